The molecule has 2 rings (SSSR count). The molecular formula is C18H25NO5S. The van der Waals surface area contributed by atoms with Crippen LogP contribution in [0.4, 0.5) is 4.79 Å². The van der Waals surface area contributed by atoms with Gasteiger partial charge in [0, 0.05) is 4.88 Å². The quantitative estimate of drug-likeness (QED) is 0.829. The second-order valence-electron chi connectivity index (χ2n) is 7.39. The fraction of sp³-hybridized carbons (Fsp3) is 0.611. The summed E-state index contributed by atoms with van der Waals surface area (Å²) < 4.78 is 9.51. The summed E-state index contributed by atoms with van der Waals surface area (Å²) in [5.41, 5.74) is 1.44. The first-order valence-corrected chi connectivity index (χ1v) is 9.14. The Morgan fingerprint density at radius 1 is 1.32 bits per heavy atom. The van der Waals surface area contributed by atoms with E-state index in [4.69, 9.17) is 4.74 Å². The number of rotatable bonds is 3. The Morgan fingerprint density at radius 3 is 2.60 bits per heavy atom. The minimum Gasteiger partial charge on any atom is -0.453 e. The predicted octanol–water partition coefficient (Wildman–Crippen LogP) is 3.33. The standard InChI is InChI=1S/C18H25NO5S/c1-10(15(20)19-17(22)23-5)24-16(21)14-9-11-8-12(18(2,3)4)6-7-13(11)25-14/h9-10,12H,6-8H2,1-5H3,(H,19,20,22)/t10-,12+/m1/s1. The van der Waals surface area contributed by atoms with E-state index >= 15 is 0 Å². The smallest absolute Gasteiger partial charge is 0.413 e. The van der Waals surface area contributed by atoms with Crippen molar-refractivity contribution in [3.8, 4) is 0 Å². The maximum atomic E-state index is 12.3. The van der Waals surface area contributed by atoms with Crippen LogP contribution in [-0.2, 0) is 27.1 Å². The van der Waals surface area contributed by atoms with Crippen molar-refractivity contribution in [1.29, 1.82) is 0 Å². The molecule has 1 aromatic rings. The maximum Gasteiger partial charge on any atom is 0.413 e. The number of thiophene rings is 1. The van der Waals surface area contributed by atoms with Gasteiger partial charge in [-0.1, -0.05) is 20.8 Å². The highest BCUT2D eigenvalue weighted by Crippen LogP contribution is 2.40. The lowest BCUT2D eigenvalue weighted by molar-refractivity contribution is -0.128. The second kappa shape index (κ2) is 7.56. The Labute approximate surface area is 151 Å². The molecule has 0 saturated carbocycles. The predicted molar refractivity (Wildman–Crippen MR) is 94.7 cm³/mol. The molecule has 0 saturated heterocycles. The minimum atomic E-state index is -1.08. The molecule has 1 N–H and O–H groups in total. The Balaban J connectivity index is 2.01. The molecule has 0 unspecified atom stereocenters. The number of carbonyl (C=O) groups excluding carboxylic acids is 3. The van der Waals surface area contributed by atoms with Gasteiger partial charge >= 0.3 is 12.1 Å². The molecule has 2 atom stereocenters. The van der Waals surface area contributed by atoms with Crippen LogP contribution in [0.3, 0.4) is 0 Å². The normalized spacial score (nSPS) is 18.0. The Hall–Kier alpha value is -1.89. The Kier molecular flexibility index (Phi) is 5.87. The SMILES string of the molecule is COC(=O)NC(=O)[C@@H](C)OC(=O)c1cc2c(s1)CC[C@H](C(C)(C)C)C2. The van der Waals surface area contributed by atoms with Crippen molar-refractivity contribution in [1.82, 2.24) is 5.32 Å². The van der Waals surface area contributed by atoms with E-state index in [9.17, 15) is 14.4 Å². The average Bonchev–Trinajstić information content (AvgIpc) is 2.96. The van der Waals surface area contributed by atoms with E-state index in [0.29, 0.717) is 10.8 Å². The number of hydrogen-bond donors (Lipinski definition) is 1. The van der Waals surface area contributed by atoms with Gasteiger partial charge in [0.05, 0.1) is 7.11 Å². The van der Waals surface area contributed by atoms with Gasteiger partial charge in [-0.3, -0.25) is 10.1 Å². The van der Waals surface area contributed by atoms with Crippen molar-refractivity contribution < 1.29 is 23.9 Å². The summed E-state index contributed by atoms with van der Waals surface area (Å²) >= 11 is 1.43. The van der Waals surface area contributed by atoms with Crippen molar-refractivity contribution in [2.24, 2.45) is 11.3 Å². The van der Waals surface area contributed by atoms with E-state index in [-0.39, 0.29) is 5.41 Å². The van der Waals surface area contributed by atoms with Crippen LogP contribution in [0.15, 0.2) is 6.07 Å². The lowest BCUT2D eigenvalue weighted by atomic mass is 9.72. The lowest BCUT2D eigenvalue weighted by Crippen LogP contribution is -2.39. The molecule has 0 aliphatic heterocycles. The number of esters is 1. The molecule has 1 aliphatic carbocycles. The number of alkyl carbamates (subject to hydrolysis) is 1. The number of imide groups is 1. The third-order valence-electron chi connectivity index (χ3n) is 4.57. The lowest BCUT2D eigenvalue weighted by Gasteiger charge is -2.33. The van der Waals surface area contributed by atoms with Gasteiger partial charge < -0.3 is 9.47 Å². The van der Waals surface area contributed by atoms with Crippen LogP contribution >= 0.6 is 11.3 Å². The first kappa shape index (κ1) is 19.4. The Bertz CT molecular complexity index is 673. The van der Waals surface area contributed by atoms with Crippen LogP contribution in [0.25, 0.3) is 0 Å². The van der Waals surface area contributed by atoms with Crippen LogP contribution in [0, 0.1) is 11.3 Å². The first-order chi connectivity index (χ1) is 11.6. The molecule has 1 aliphatic rings. The molecule has 7 heteroatoms. The number of hydrogen-bond acceptors (Lipinski definition) is 6. The van der Waals surface area contributed by atoms with E-state index in [1.54, 1.807) is 0 Å². The highest BCUT2D eigenvalue weighted by atomic mass is 32.1. The third-order valence-corrected chi connectivity index (χ3v) is 5.79. The van der Waals surface area contributed by atoms with Crippen molar-refractivity contribution in [3.05, 3.63) is 21.4 Å². The first-order valence-electron chi connectivity index (χ1n) is 8.33. The van der Waals surface area contributed by atoms with Crippen molar-refractivity contribution in [2.45, 2.75) is 53.1 Å². The van der Waals surface area contributed by atoms with Gasteiger partial charge in [-0.15, -0.1) is 11.3 Å². The van der Waals surface area contributed by atoms with Gasteiger partial charge in [-0.25, -0.2) is 9.59 Å². The fourth-order valence-corrected chi connectivity index (χ4v) is 3.98. The number of amides is 2. The van der Waals surface area contributed by atoms with Crippen molar-refractivity contribution in [3.63, 3.8) is 0 Å². The third kappa shape index (κ3) is 4.81. The van der Waals surface area contributed by atoms with E-state index in [2.05, 4.69) is 25.5 Å². The van der Waals surface area contributed by atoms with Gasteiger partial charge in [0.25, 0.3) is 5.91 Å². The van der Waals surface area contributed by atoms with Crippen LogP contribution in [-0.4, -0.2) is 31.2 Å². The molecular weight excluding hydrogens is 342 g/mol. The number of aryl methyl sites for hydroxylation is 1. The largest absolute Gasteiger partial charge is 0.453 e. The minimum absolute atomic E-state index is 0.237. The number of methoxy groups -OCH3 is 1. The second-order valence-corrected chi connectivity index (χ2v) is 8.53. The van der Waals surface area contributed by atoms with Crippen molar-refractivity contribution in [2.75, 3.05) is 7.11 Å². The number of carbonyl (C=O) groups is 3. The van der Waals surface area contributed by atoms with Crippen LogP contribution in [0.1, 0.15) is 54.2 Å². The molecule has 1 heterocycles. The molecule has 0 radical (unpaired) electrons. The summed E-state index contributed by atoms with van der Waals surface area (Å²) in [6.07, 6.45) is 1.08. The van der Waals surface area contributed by atoms with Gasteiger partial charge in [-0.05, 0) is 49.1 Å². The summed E-state index contributed by atoms with van der Waals surface area (Å²) in [5.74, 6) is -0.670. The molecule has 2 amide bonds. The van der Waals surface area contributed by atoms with Crippen LogP contribution < -0.4 is 5.32 Å². The molecule has 1 aromatic heterocycles. The zero-order valence-electron chi connectivity index (χ0n) is 15.3. The fourth-order valence-electron chi connectivity index (χ4n) is 2.89. The molecule has 25 heavy (non-hydrogen) atoms. The summed E-state index contributed by atoms with van der Waals surface area (Å²) in [4.78, 5) is 36.8. The highest BCUT2D eigenvalue weighted by Gasteiger charge is 2.31. The van der Waals surface area contributed by atoms with Crippen LogP contribution in [0.2, 0.25) is 0 Å². The summed E-state index contributed by atoms with van der Waals surface area (Å²) in [6, 6.07) is 1.88. The molecule has 6 nitrogen and oxygen atoms in total. The van der Waals surface area contributed by atoms with E-state index in [1.807, 2.05) is 11.4 Å². The summed E-state index contributed by atoms with van der Waals surface area (Å²) in [5, 5.41) is 1.98. The molecule has 0 aromatic carbocycles. The zero-order valence-corrected chi connectivity index (χ0v) is 16.1. The molecule has 0 spiro atoms. The van der Waals surface area contributed by atoms with Crippen molar-refractivity contribution >= 4 is 29.3 Å². The number of nitrogens with one attached hydrogen (secondary N) is 1. The molecule has 0 bridgehead atoms. The summed E-state index contributed by atoms with van der Waals surface area (Å²) in [6.45, 7) is 8.14. The monoisotopic (exact) mass is 367 g/mol. The Morgan fingerprint density at radius 2 is 2.00 bits per heavy atom. The molecule has 138 valence electrons. The van der Waals surface area contributed by atoms with Crippen LogP contribution in [0.5, 0.6) is 0 Å². The van der Waals surface area contributed by atoms with E-state index in [1.165, 1.54) is 28.7 Å². The van der Waals surface area contributed by atoms with Gasteiger partial charge in [0.1, 0.15) is 4.88 Å². The maximum absolute atomic E-state index is 12.3. The summed E-state index contributed by atoms with van der Waals surface area (Å²) in [7, 11) is 1.15. The molecule has 0 fully saturated rings. The highest BCUT2D eigenvalue weighted by molar-refractivity contribution is 7.14. The van der Waals surface area contributed by atoms with Gasteiger partial charge in [0.15, 0.2) is 6.10 Å². The van der Waals surface area contributed by atoms with E-state index in [0.717, 1.165) is 26.4 Å². The van der Waals surface area contributed by atoms with E-state index < -0.39 is 24.1 Å². The number of fused-ring (bicyclic) bond motifs is 1. The topological polar surface area (TPSA) is 81.7 Å². The van der Waals surface area contributed by atoms with Gasteiger partial charge in [0.2, 0.25) is 0 Å². The average molecular weight is 367 g/mol. The number of ether oxygens (including phenoxy) is 2. The van der Waals surface area contributed by atoms with Gasteiger partial charge in [-0.2, -0.15) is 0 Å². The zero-order chi connectivity index (χ0) is 18.8.